The molecular weight excluding hydrogens is 189 g/mol. The van der Waals surface area contributed by atoms with Crippen LogP contribution in [0.5, 0.6) is 0 Å². The lowest BCUT2D eigenvalue weighted by Gasteiger charge is -2.06. The SMILES string of the molecule is C=C(C)/C(C)=C\C(=C)C(F)(F)F.CC. The summed E-state index contributed by atoms with van der Waals surface area (Å²) in [7, 11) is 0. The second kappa shape index (κ2) is 6.46. The topological polar surface area (TPSA) is 0 Å². The van der Waals surface area contributed by atoms with E-state index in [4.69, 9.17) is 0 Å². The molecule has 0 aliphatic rings. The molecule has 0 saturated carbocycles. The van der Waals surface area contributed by atoms with Crippen molar-refractivity contribution in [2.75, 3.05) is 0 Å². The lowest BCUT2D eigenvalue weighted by atomic mass is 10.1. The van der Waals surface area contributed by atoms with Crippen molar-refractivity contribution in [2.45, 2.75) is 33.9 Å². The summed E-state index contributed by atoms with van der Waals surface area (Å²) in [4.78, 5) is 0. The van der Waals surface area contributed by atoms with E-state index in [-0.39, 0.29) is 0 Å². The molecule has 0 radical (unpaired) electrons. The molecule has 0 bridgehead atoms. The first kappa shape index (κ1) is 15.5. The molecule has 3 heteroatoms. The van der Waals surface area contributed by atoms with Gasteiger partial charge >= 0.3 is 6.18 Å². The van der Waals surface area contributed by atoms with Gasteiger partial charge in [0.1, 0.15) is 0 Å². The number of halogens is 3. The fourth-order valence-corrected chi connectivity index (χ4v) is 0.466. The highest BCUT2D eigenvalue weighted by atomic mass is 19.4. The van der Waals surface area contributed by atoms with E-state index >= 15 is 0 Å². The van der Waals surface area contributed by atoms with Gasteiger partial charge in [0.15, 0.2) is 0 Å². The molecule has 0 unspecified atom stereocenters. The van der Waals surface area contributed by atoms with Gasteiger partial charge in [-0.15, -0.1) is 0 Å². The van der Waals surface area contributed by atoms with E-state index in [9.17, 15) is 13.2 Å². The van der Waals surface area contributed by atoms with Crippen molar-refractivity contribution in [3.8, 4) is 0 Å². The van der Waals surface area contributed by atoms with Gasteiger partial charge in [-0.1, -0.05) is 32.6 Å². The highest BCUT2D eigenvalue weighted by molar-refractivity contribution is 5.33. The summed E-state index contributed by atoms with van der Waals surface area (Å²) in [5.74, 6) is 0. The first-order valence-corrected chi connectivity index (χ1v) is 4.35. The van der Waals surface area contributed by atoms with Crippen molar-refractivity contribution in [2.24, 2.45) is 0 Å². The van der Waals surface area contributed by atoms with E-state index in [1.54, 1.807) is 13.8 Å². The Labute approximate surface area is 83.8 Å². The first-order valence-electron chi connectivity index (χ1n) is 4.35. The van der Waals surface area contributed by atoms with Gasteiger partial charge in [0.2, 0.25) is 0 Å². The van der Waals surface area contributed by atoms with Crippen LogP contribution >= 0.6 is 0 Å². The van der Waals surface area contributed by atoms with Crippen LogP contribution in [0.4, 0.5) is 13.2 Å². The van der Waals surface area contributed by atoms with Crippen LogP contribution in [-0.2, 0) is 0 Å². The monoisotopic (exact) mass is 206 g/mol. The van der Waals surface area contributed by atoms with E-state index in [2.05, 4.69) is 13.2 Å². The lowest BCUT2D eigenvalue weighted by Crippen LogP contribution is -2.08. The van der Waals surface area contributed by atoms with Crippen molar-refractivity contribution in [1.29, 1.82) is 0 Å². The fourth-order valence-electron chi connectivity index (χ4n) is 0.466. The summed E-state index contributed by atoms with van der Waals surface area (Å²) in [5, 5.41) is 0. The third kappa shape index (κ3) is 6.52. The second-order valence-corrected chi connectivity index (χ2v) is 2.63. The van der Waals surface area contributed by atoms with Crippen LogP contribution in [0.2, 0.25) is 0 Å². The third-order valence-electron chi connectivity index (χ3n) is 1.43. The highest BCUT2D eigenvalue weighted by Gasteiger charge is 2.30. The third-order valence-corrected chi connectivity index (χ3v) is 1.43. The van der Waals surface area contributed by atoms with Crippen LogP contribution in [0.3, 0.4) is 0 Å². The highest BCUT2D eigenvalue weighted by Crippen LogP contribution is 2.26. The summed E-state index contributed by atoms with van der Waals surface area (Å²) in [6, 6.07) is 0. The summed E-state index contributed by atoms with van der Waals surface area (Å²) in [6.45, 7) is 13.6. The minimum atomic E-state index is -4.34. The summed E-state index contributed by atoms with van der Waals surface area (Å²) >= 11 is 0. The van der Waals surface area contributed by atoms with E-state index in [1.807, 2.05) is 13.8 Å². The molecule has 0 nitrogen and oxygen atoms in total. The number of allylic oxidation sites excluding steroid dienone is 4. The average molecular weight is 206 g/mol. The molecule has 0 aromatic carbocycles. The molecule has 0 aliphatic carbocycles. The Morgan fingerprint density at radius 1 is 1.07 bits per heavy atom. The Hall–Kier alpha value is -0.990. The van der Waals surface area contributed by atoms with E-state index < -0.39 is 11.7 Å². The number of alkyl halides is 3. The van der Waals surface area contributed by atoms with Gasteiger partial charge in [-0.3, -0.25) is 0 Å². The van der Waals surface area contributed by atoms with Crippen LogP contribution in [0.15, 0.2) is 36.0 Å². The molecular formula is C11H17F3. The van der Waals surface area contributed by atoms with Crippen LogP contribution in [0.1, 0.15) is 27.7 Å². The van der Waals surface area contributed by atoms with E-state index in [0.29, 0.717) is 11.1 Å². The summed E-state index contributed by atoms with van der Waals surface area (Å²) in [5.41, 5.74) is 0.265. The molecule has 0 aromatic heterocycles. The first-order chi connectivity index (χ1) is 6.25. The van der Waals surface area contributed by atoms with Crippen LogP contribution in [0.25, 0.3) is 0 Å². The zero-order chi connectivity index (χ0) is 11.9. The average Bonchev–Trinajstić information content (AvgIpc) is 2.06. The molecule has 0 aliphatic heterocycles. The molecule has 0 spiro atoms. The lowest BCUT2D eigenvalue weighted by molar-refractivity contribution is -0.0878. The van der Waals surface area contributed by atoms with Crippen molar-refractivity contribution in [3.63, 3.8) is 0 Å². The molecule has 0 aromatic rings. The van der Waals surface area contributed by atoms with Crippen molar-refractivity contribution < 1.29 is 13.2 Å². The number of hydrogen-bond acceptors (Lipinski definition) is 0. The molecule has 0 amide bonds. The molecule has 0 atom stereocenters. The van der Waals surface area contributed by atoms with Crippen LogP contribution < -0.4 is 0 Å². The van der Waals surface area contributed by atoms with Gasteiger partial charge < -0.3 is 0 Å². The standard InChI is InChI=1S/C9H11F3.C2H6/c1-6(2)7(3)5-8(4)9(10,11)12;1-2/h5H,1,4H2,2-3H3;1-2H3/b7-5-;. The normalized spacial score (nSPS) is 11.5. The molecule has 0 heterocycles. The maximum atomic E-state index is 11.9. The molecule has 82 valence electrons. The quantitative estimate of drug-likeness (QED) is 0.577. The minimum Gasteiger partial charge on any atom is -0.166 e. The second-order valence-electron chi connectivity index (χ2n) is 2.63. The van der Waals surface area contributed by atoms with E-state index in [0.717, 1.165) is 6.08 Å². The summed E-state index contributed by atoms with van der Waals surface area (Å²) in [6.07, 6.45) is -3.35. The van der Waals surface area contributed by atoms with Crippen LogP contribution in [0, 0.1) is 0 Å². The van der Waals surface area contributed by atoms with Gasteiger partial charge in [-0.2, -0.15) is 13.2 Å². The van der Waals surface area contributed by atoms with E-state index in [1.165, 1.54) is 0 Å². The van der Waals surface area contributed by atoms with Gasteiger partial charge in [0.25, 0.3) is 0 Å². The van der Waals surface area contributed by atoms with Crippen molar-refractivity contribution in [1.82, 2.24) is 0 Å². The van der Waals surface area contributed by atoms with Gasteiger partial charge in [0.05, 0.1) is 0 Å². The Bertz CT molecular complexity index is 231. The number of hydrogen-bond donors (Lipinski definition) is 0. The zero-order valence-electron chi connectivity index (χ0n) is 9.13. The Morgan fingerprint density at radius 3 is 1.64 bits per heavy atom. The predicted octanol–water partition coefficient (Wildman–Crippen LogP) is 4.65. The number of rotatable bonds is 2. The maximum absolute atomic E-state index is 11.9. The Kier molecular flexibility index (Phi) is 7.15. The minimum absolute atomic E-state index is 0.498. The summed E-state index contributed by atoms with van der Waals surface area (Å²) < 4.78 is 35.7. The van der Waals surface area contributed by atoms with Gasteiger partial charge in [-0.25, -0.2) is 0 Å². The fraction of sp³-hybridized carbons (Fsp3) is 0.455. The van der Waals surface area contributed by atoms with Crippen molar-refractivity contribution in [3.05, 3.63) is 36.0 Å². The Balaban J connectivity index is 0. The maximum Gasteiger partial charge on any atom is 0.415 e. The zero-order valence-corrected chi connectivity index (χ0v) is 9.13. The smallest absolute Gasteiger partial charge is 0.166 e. The molecule has 0 rings (SSSR count). The van der Waals surface area contributed by atoms with Crippen molar-refractivity contribution >= 4 is 0 Å². The van der Waals surface area contributed by atoms with Gasteiger partial charge in [0, 0.05) is 5.57 Å². The molecule has 0 fully saturated rings. The molecule has 14 heavy (non-hydrogen) atoms. The molecule has 0 N–H and O–H groups in total. The largest absolute Gasteiger partial charge is 0.415 e. The van der Waals surface area contributed by atoms with Gasteiger partial charge in [-0.05, 0) is 25.5 Å². The Morgan fingerprint density at radius 2 is 1.43 bits per heavy atom. The van der Waals surface area contributed by atoms with Crippen LogP contribution in [-0.4, -0.2) is 6.18 Å². The predicted molar refractivity (Wildman–Crippen MR) is 55.1 cm³/mol. The molecule has 0 saturated heterocycles.